The Morgan fingerprint density at radius 3 is 2.72 bits per heavy atom. The lowest BCUT2D eigenvalue weighted by molar-refractivity contribution is -0.130. The summed E-state index contributed by atoms with van der Waals surface area (Å²) in [7, 11) is 3.55. The molecule has 0 atom stereocenters. The molecule has 1 aromatic rings. The number of nitrogen functional groups attached to an aromatic ring is 1. The van der Waals surface area contributed by atoms with Crippen molar-refractivity contribution in [2.75, 3.05) is 32.9 Å². The first-order valence-electron chi connectivity index (χ1n) is 6.15. The molecular formula is C13H22N4O. The third kappa shape index (κ3) is 4.71. The first kappa shape index (κ1) is 14.4. The standard InChI is InChI=1S/C13H22N4O/c1-4-7-17(10-13(18)16(2)3)9-11-5-6-15-12(14)8-11/h5-6,8H,4,7,9-10H2,1-3H3,(H2,14,15). The summed E-state index contributed by atoms with van der Waals surface area (Å²) in [5, 5.41) is 0. The van der Waals surface area contributed by atoms with Gasteiger partial charge < -0.3 is 10.6 Å². The Labute approximate surface area is 109 Å². The lowest BCUT2D eigenvalue weighted by Gasteiger charge is -2.23. The second kappa shape index (κ2) is 6.96. The van der Waals surface area contributed by atoms with Crippen molar-refractivity contribution in [1.82, 2.24) is 14.8 Å². The van der Waals surface area contributed by atoms with E-state index in [2.05, 4.69) is 16.8 Å². The van der Waals surface area contributed by atoms with Gasteiger partial charge in [-0.05, 0) is 30.7 Å². The van der Waals surface area contributed by atoms with Crippen molar-refractivity contribution >= 4 is 11.7 Å². The number of amides is 1. The van der Waals surface area contributed by atoms with Crippen LogP contribution in [0.15, 0.2) is 18.3 Å². The molecule has 0 bridgehead atoms. The summed E-state index contributed by atoms with van der Waals surface area (Å²) >= 11 is 0. The molecule has 0 saturated heterocycles. The van der Waals surface area contributed by atoms with Gasteiger partial charge in [0.1, 0.15) is 5.82 Å². The minimum absolute atomic E-state index is 0.116. The number of carbonyl (C=O) groups excluding carboxylic acids is 1. The quantitative estimate of drug-likeness (QED) is 0.817. The maximum atomic E-state index is 11.7. The van der Waals surface area contributed by atoms with Crippen molar-refractivity contribution in [3.8, 4) is 0 Å². The second-order valence-corrected chi connectivity index (χ2v) is 4.59. The van der Waals surface area contributed by atoms with Crippen LogP contribution in [0, 0.1) is 0 Å². The fourth-order valence-electron chi connectivity index (χ4n) is 1.71. The van der Waals surface area contributed by atoms with E-state index in [1.165, 1.54) is 0 Å². The summed E-state index contributed by atoms with van der Waals surface area (Å²) < 4.78 is 0. The highest BCUT2D eigenvalue weighted by molar-refractivity contribution is 5.77. The van der Waals surface area contributed by atoms with Crippen molar-refractivity contribution in [1.29, 1.82) is 0 Å². The third-order valence-electron chi connectivity index (χ3n) is 2.65. The Morgan fingerprint density at radius 2 is 2.17 bits per heavy atom. The SMILES string of the molecule is CCCN(CC(=O)N(C)C)Cc1ccnc(N)c1. The predicted molar refractivity (Wildman–Crippen MR) is 72.9 cm³/mol. The summed E-state index contributed by atoms with van der Waals surface area (Å²) in [5.41, 5.74) is 6.74. The highest BCUT2D eigenvalue weighted by Gasteiger charge is 2.12. The van der Waals surface area contributed by atoms with Gasteiger partial charge in [0.05, 0.1) is 6.54 Å². The largest absolute Gasteiger partial charge is 0.384 e. The van der Waals surface area contributed by atoms with Crippen LogP contribution in [0.5, 0.6) is 0 Å². The molecule has 1 rings (SSSR count). The van der Waals surface area contributed by atoms with Crippen LogP contribution < -0.4 is 5.73 Å². The van der Waals surface area contributed by atoms with Gasteiger partial charge in [-0.1, -0.05) is 6.92 Å². The van der Waals surface area contributed by atoms with Crippen molar-refractivity contribution in [2.24, 2.45) is 0 Å². The number of rotatable bonds is 6. The molecule has 0 aliphatic heterocycles. The van der Waals surface area contributed by atoms with Gasteiger partial charge in [0.15, 0.2) is 0 Å². The second-order valence-electron chi connectivity index (χ2n) is 4.59. The van der Waals surface area contributed by atoms with E-state index in [-0.39, 0.29) is 5.91 Å². The van der Waals surface area contributed by atoms with Gasteiger partial charge in [-0.25, -0.2) is 4.98 Å². The minimum Gasteiger partial charge on any atom is -0.384 e. The number of aromatic nitrogens is 1. The molecule has 0 unspecified atom stereocenters. The summed E-state index contributed by atoms with van der Waals surface area (Å²) in [6.45, 7) is 4.15. The zero-order valence-corrected chi connectivity index (χ0v) is 11.4. The summed E-state index contributed by atoms with van der Waals surface area (Å²) in [4.78, 5) is 19.4. The number of hydrogen-bond donors (Lipinski definition) is 1. The Kier molecular flexibility index (Phi) is 5.58. The van der Waals surface area contributed by atoms with Crippen molar-refractivity contribution in [3.63, 3.8) is 0 Å². The van der Waals surface area contributed by atoms with Crippen LogP contribution in [0.3, 0.4) is 0 Å². The molecule has 0 aliphatic rings. The number of likely N-dealkylation sites (N-methyl/N-ethyl adjacent to an activating group) is 1. The molecule has 18 heavy (non-hydrogen) atoms. The van der Waals surface area contributed by atoms with Crippen molar-refractivity contribution < 1.29 is 4.79 Å². The molecule has 1 heterocycles. The van der Waals surface area contributed by atoms with Crippen LogP contribution in [0.1, 0.15) is 18.9 Å². The summed E-state index contributed by atoms with van der Waals surface area (Å²) in [5.74, 6) is 0.633. The number of pyridine rings is 1. The van der Waals surface area contributed by atoms with Crippen LogP contribution in [-0.2, 0) is 11.3 Å². The summed E-state index contributed by atoms with van der Waals surface area (Å²) in [6.07, 6.45) is 2.71. The normalized spacial score (nSPS) is 10.7. The van der Waals surface area contributed by atoms with E-state index in [1.54, 1.807) is 25.2 Å². The van der Waals surface area contributed by atoms with E-state index < -0.39 is 0 Å². The molecule has 0 aromatic carbocycles. The first-order chi connectivity index (χ1) is 8.52. The Morgan fingerprint density at radius 1 is 1.44 bits per heavy atom. The van der Waals surface area contributed by atoms with Crippen molar-refractivity contribution in [2.45, 2.75) is 19.9 Å². The maximum absolute atomic E-state index is 11.7. The van der Waals surface area contributed by atoms with Gasteiger partial charge in [0.25, 0.3) is 0 Å². The van der Waals surface area contributed by atoms with E-state index in [0.29, 0.717) is 12.4 Å². The van der Waals surface area contributed by atoms with Gasteiger partial charge in [0.2, 0.25) is 5.91 Å². The molecule has 0 aliphatic carbocycles. The van der Waals surface area contributed by atoms with Crippen molar-refractivity contribution in [3.05, 3.63) is 23.9 Å². The molecule has 1 amide bonds. The molecule has 0 saturated carbocycles. The van der Waals surface area contributed by atoms with Crippen LogP contribution in [0.4, 0.5) is 5.82 Å². The van der Waals surface area contributed by atoms with E-state index in [1.807, 2.05) is 12.1 Å². The molecule has 5 nitrogen and oxygen atoms in total. The van der Waals surface area contributed by atoms with Crippen LogP contribution in [0.2, 0.25) is 0 Å². The van der Waals surface area contributed by atoms with E-state index in [4.69, 9.17) is 5.73 Å². The Bertz CT molecular complexity index is 392. The van der Waals surface area contributed by atoms with Gasteiger partial charge in [-0.3, -0.25) is 9.69 Å². The fraction of sp³-hybridized carbons (Fsp3) is 0.538. The zero-order valence-electron chi connectivity index (χ0n) is 11.4. The molecular weight excluding hydrogens is 228 g/mol. The minimum atomic E-state index is 0.116. The van der Waals surface area contributed by atoms with Crippen LogP contribution in [-0.4, -0.2) is 47.9 Å². The van der Waals surface area contributed by atoms with Crippen LogP contribution in [0.25, 0.3) is 0 Å². The fourth-order valence-corrected chi connectivity index (χ4v) is 1.71. The molecule has 0 radical (unpaired) electrons. The lowest BCUT2D eigenvalue weighted by Crippen LogP contribution is -2.36. The average Bonchev–Trinajstić information content (AvgIpc) is 2.29. The number of anilines is 1. The number of hydrogen-bond acceptors (Lipinski definition) is 4. The molecule has 2 N–H and O–H groups in total. The molecule has 100 valence electrons. The van der Waals surface area contributed by atoms with Gasteiger partial charge in [-0.15, -0.1) is 0 Å². The Balaban J connectivity index is 2.65. The molecule has 1 aromatic heterocycles. The Hall–Kier alpha value is -1.62. The number of nitrogens with two attached hydrogens (primary N) is 1. The zero-order chi connectivity index (χ0) is 13.5. The van der Waals surface area contributed by atoms with Gasteiger partial charge in [-0.2, -0.15) is 0 Å². The highest BCUT2D eigenvalue weighted by Crippen LogP contribution is 2.07. The van der Waals surface area contributed by atoms with Gasteiger partial charge >= 0.3 is 0 Å². The monoisotopic (exact) mass is 250 g/mol. The average molecular weight is 250 g/mol. The summed E-state index contributed by atoms with van der Waals surface area (Å²) in [6, 6.07) is 3.78. The number of carbonyl (C=O) groups is 1. The van der Waals surface area contributed by atoms with E-state index in [0.717, 1.165) is 25.1 Å². The lowest BCUT2D eigenvalue weighted by atomic mass is 10.2. The predicted octanol–water partition coefficient (Wildman–Crippen LogP) is 0.964. The highest BCUT2D eigenvalue weighted by atomic mass is 16.2. The first-order valence-corrected chi connectivity index (χ1v) is 6.15. The maximum Gasteiger partial charge on any atom is 0.236 e. The smallest absolute Gasteiger partial charge is 0.236 e. The van der Waals surface area contributed by atoms with E-state index >= 15 is 0 Å². The molecule has 5 heteroatoms. The molecule has 0 spiro atoms. The van der Waals surface area contributed by atoms with Crippen LogP contribution >= 0.6 is 0 Å². The number of nitrogens with zero attached hydrogens (tertiary/aromatic N) is 3. The third-order valence-corrected chi connectivity index (χ3v) is 2.65. The van der Waals surface area contributed by atoms with E-state index in [9.17, 15) is 4.79 Å². The molecule has 0 fully saturated rings. The topological polar surface area (TPSA) is 62.5 Å². The van der Waals surface area contributed by atoms with Gasteiger partial charge in [0, 0.05) is 26.8 Å².